The maximum atomic E-state index is 12.1. The molecular formula is C20H22N4O2. The first kappa shape index (κ1) is 17.7. The second-order valence-electron chi connectivity index (χ2n) is 6.22. The summed E-state index contributed by atoms with van der Waals surface area (Å²) in [5.41, 5.74) is 1.43. The zero-order chi connectivity index (χ0) is 18.5. The zero-order valence-corrected chi connectivity index (χ0v) is 14.8. The van der Waals surface area contributed by atoms with Crippen LogP contribution in [-0.4, -0.2) is 36.8 Å². The molecule has 0 aliphatic rings. The second-order valence-corrected chi connectivity index (χ2v) is 6.22. The predicted molar refractivity (Wildman–Crippen MR) is 104 cm³/mol. The molecule has 0 aliphatic heterocycles. The lowest BCUT2D eigenvalue weighted by Crippen LogP contribution is -2.32. The smallest absolute Gasteiger partial charge is 0.319 e. The minimum absolute atomic E-state index is 0.117. The number of hydrogen-bond acceptors (Lipinski definition) is 4. The van der Waals surface area contributed by atoms with Gasteiger partial charge in [-0.25, -0.2) is 9.78 Å². The molecule has 3 aromatic rings. The van der Waals surface area contributed by atoms with E-state index < -0.39 is 6.10 Å². The topological polar surface area (TPSA) is 77.5 Å². The Morgan fingerprint density at radius 1 is 1.15 bits per heavy atom. The number of carbonyl (C=O) groups is 1. The molecule has 6 heteroatoms. The van der Waals surface area contributed by atoms with E-state index in [1.165, 1.54) is 0 Å². The number of urea groups is 1. The fraction of sp³-hybridized carbons (Fsp3) is 0.200. The van der Waals surface area contributed by atoms with Gasteiger partial charge in [-0.3, -0.25) is 0 Å². The highest BCUT2D eigenvalue weighted by Crippen LogP contribution is 2.23. The van der Waals surface area contributed by atoms with Gasteiger partial charge in [0.05, 0.1) is 6.10 Å². The minimum Gasteiger partial charge on any atom is -0.387 e. The molecule has 134 valence electrons. The summed E-state index contributed by atoms with van der Waals surface area (Å²) in [7, 11) is 3.76. The lowest BCUT2D eigenvalue weighted by atomic mass is 10.0. The number of aromatic nitrogens is 1. The lowest BCUT2D eigenvalue weighted by Gasteiger charge is -2.16. The number of fused-ring (bicyclic) bond motifs is 1. The Balaban J connectivity index is 1.63. The molecule has 0 aliphatic carbocycles. The van der Waals surface area contributed by atoms with E-state index in [9.17, 15) is 9.90 Å². The van der Waals surface area contributed by atoms with Crippen molar-refractivity contribution in [3.8, 4) is 0 Å². The molecule has 3 rings (SSSR count). The van der Waals surface area contributed by atoms with Crippen LogP contribution < -0.4 is 15.5 Å². The Morgan fingerprint density at radius 3 is 2.73 bits per heavy atom. The third kappa shape index (κ3) is 4.10. The second kappa shape index (κ2) is 7.84. The van der Waals surface area contributed by atoms with Crippen molar-refractivity contribution in [1.82, 2.24) is 10.3 Å². The van der Waals surface area contributed by atoms with Gasteiger partial charge in [-0.15, -0.1) is 0 Å². The average molecular weight is 350 g/mol. The van der Waals surface area contributed by atoms with Gasteiger partial charge in [-0.2, -0.15) is 0 Å². The van der Waals surface area contributed by atoms with Crippen LogP contribution in [0.25, 0.3) is 10.8 Å². The van der Waals surface area contributed by atoms with Crippen LogP contribution >= 0.6 is 0 Å². The van der Waals surface area contributed by atoms with Gasteiger partial charge in [-0.1, -0.05) is 42.5 Å². The number of nitrogens with one attached hydrogen (secondary N) is 2. The number of amides is 2. The van der Waals surface area contributed by atoms with Crippen LogP contribution in [0.1, 0.15) is 11.7 Å². The Hall–Kier alpha value is -3.12. The van der Waals surface area contributed by atoms with E-state index in [1.807, 2.05) is 61.5 Å². The number of hydrogen-bond donors (Lipinski definition) is 3. The molecule has 0 saturated heterocycles. The summed E-state index contributed by atoms with van der Waals surface area (Å²) >= 11 is 0. The third-order valence-corrected chi connectivity index (χ3v) is 4.10. The summed E-state index contributed by atoms with van der Waals surface area (Å²) in [6, 6.07) is 16.8. The first-order valence-corrected chi connectivity index (χ1v) is 8.38. The standard InChI is InChI=1S/C20H22N4O2/c1-24(2)19-12-15(10-11-21-19)23-20(26)22-13-18(25)17-9-5-7-14-6-3-4-8-16(14)17/h3-12,18,25H,13H2,1-2H3,(H2,21,22,23,26). The number of aliphatic hydroxyl groups excluding tert-OH is 1. The Labute approximate surface area is 152 Å². The summed E-state index contributed by atoms with van der Waals surface area (Å²) in [6.07, 6.45) is 0.845. The summed E-state index contributed by atoms with van der Waals surface area (Å²) in [5.74, 6) is 0.749. The molecule has 1 heterocycles. The van der Waals surface area contributed by atoms with Gasteiger partial charge in [0.2, 0.25) is 0 Å². The normalized spacial score (nSPS) is 11.8. The highest BCUT2D eigenvalue weighted by atomic mass is 16.3. The summed E-state index contributed by atoms with van der Waals surface area (Å²) < 4.78 is 0. The van der Waals surface area contributed by atoms with Gasteiger partial charge < -0.3 is 20.6 Å². The highest BCUT2D eigenvalue weighted by molar-refractivity contribution is 5.90. The van der Waals surface area contributed by atoms with Crippen LogP contribution in [0, 0.1) is 0 Å². The molecule has 2 aromatic carbocycles. The number of aliphatic hydroxyl groups is 1. The van der Waals surface area contributed by atoms with E-state index in [4.69, 9.17) is 0 Å². The average Bonchev–Trinajstić information content (AvgIpc) is 2.66. The van der Waals surface area contributed by atoms with Crippen molar-refractivity contribution in [2.75, 3.05) is 30.9 Å². The van der Waals surface area contributed by atoms with E-state index in [0.717, 1.165) is 22.2 Å². The number of nitrogens with zero attached hydrogens (tertiary/aromatic N) is 2. The van der Waals surface area contributed by atoms with E-state index in [0.29, 0.717) is 5.69 Å². The van der Waals surface area contributed by atoms with Crippen molar-refractivity contribution >= 4 is 28.3 Å². The van der Waals surface area contributed by atoms with Gasteiger partial charge in [0.15, 0.2) is 0 Å². The maximum Gasteiger partial charge on any atom is 0.319 e. The largest absolute Gasteiger partial charge is 0.387 e. The van der Waals surface area contributed by atoms with Crippen molar-refractivity contribution < 1.29 is 9.90 Å². The van der Waals surface area contributed by atoms with E-state index in [1.54, 1.807) is 18.3 Å². The van der Waals surface area contributed by atoms with Gasteiger partial charge in [0.25, 0.3) is 0 Å². The molecule has 3 N–H and O–H groups in total. The summed E-state index contributed by atoms with van der Waals surface area (Å²) in [4.78, 5) is 18.2. The maximum absolute atomic E-state index is 12.1. The molecule has 0 saturated carbocycles. The molecule has 0 fully saturated rings. The van der Waals surface area contributed by atoms with Crippen LogP contribution in [0.2, 0.25) is 0 Å². The SMILES string of the molecule is CN(C)c1cc(NC(=O)NCC(O)c2cccc3ccccc23)ccn1. The molecule has 26 heavy (non-hydrogen) atoms. The van der Waals surface area contributed by atoms with Gasteiger partial charge >= 0.3 is 6.03 Å². The van der Waals surface area contributed by atoms with Crippen LogP contribution in [0.3, 0.4) is 0 Å². The van der Waals surface area contributed by atoms with Gasteiger partial charge in [0, 0.05) is 38.6 Å². The fourth-order valence-corrected chi connectivity index (χ4v) is 2.76. The number of rotatable bonds is 5. The first-order valence-electron chi connectivity index (χ1n) is 8.38. The van der Waals surface area contributed by atoms with Crippen molar-refractivity contribution in [1.29, 1.82) is 0 Å². The molecule has 6 nitrogen and oxygen atoms in total. The molecule has 1 unspecified atom stereocenters. The molecule has 0 radical (unpaired) electrons. The molecule has 2 amide bonds. The Bertz CT molecular complexity index is 906. The van der Waals surface area contributed by atoms with Crippen molar-refractivity contribution in [2.45, 2.75) is 6.10 Å². The zero-order valence-electron chi connectivity index (χ0n) is 14.8. The van der Waals surface area contributed by atoms with Gasteiger partial charge in [-0.05, 0) is 22.4 Å². The first-order chi connectivity index (χ1) is 12.5. The molecule has 1 atom stereocenters. The minimum atomic E-state index is -0.790. The molecule has 0 bridgehead atoms. The Morgan fingerprint density at radius 2 is 1.92 bits per heavy atom. The number of benzene rings is 2. The highest BCUT2D eigenvalue weighted by Gasteiger charge is 2.12. The van der Waals surface area contributed by atoms with Gasteiger partial charge in [0.1, 0.15) is 5.82 Å². The quantitative estimate of drug-likeness (QED) is 0.661. The van der Waals surface area contributed by atoms with Crippen molar-refractivity contribution in [3.05, 3.63) is 66.4 Å². The molecular weight excluding hydrogens is 328 g/mol. The monoisotopic (exact) mass is 350 g/mol. The Kier molecular flexibility index (Phi) is 5.34. The number of carbonyl (C=O) groups excluding carboxylic acids is 1. The predicted octanol–water partition coefficient (Wildman–Crippen LogP) is 3.16. The van der Waals surface area contributed by atoms with E-state index >= 15 is 0 Å². The van der Waals surface area contributed by atoms with Crippen LogP contribution in [0.15, 0.2) is 60.8 Å². The number of anilines is 2. The lowest BCUT2D eigenvalue weighted by molar-refractivity contribution is 0.176. The number of pyridine rings is 1. The van der Waals surface area contributed by atoms with Crippen LogP contribution in [0.4, 0.5) is 16.3 Å². The summed E-state index contributed by atoms with van der Waals surface area (Å²) in [6.45, 7) is 0.117. The fourth-order valence-electron chi connectivity index (χ4n) is 2.76. The summed E-state index contributed by atoms with van der Waals surface area (Å²) in [5, 5.41) is 18.0. The van der Waals surface area contributed by atoms with Crippen LogP contribution in [-0.2, 0) is 0 Å². The third-order valence-electron chi connectivity index (χ3n) is 4.10. The van der Waals surface area contributed by atoms with Crippen molar-refractivity contribution in [2.24, 2.45) is 0 Å². The molecule has 1 aromatic heterocycles. The van der Waals surface area contributed by atoms with E-state index in [-0.39, 0.29) is 12.6 Å². The molecule has 0 spiro atoms. The van der Waals surface area contributed by atoms with E-state index in [2.05, 4.69) is 15.6 Å². The van der Waals surface area contributed by atoms with Crippen molar-refractivity contribution in [3.63, 3.8) is 0 Å². The van der Waals surface area contributed by atoms with Crippen LogP contribution in [0.5, 0.6) is 0 Å².